The lowest BCUT2D eigenvalue weighted by Crippen LogP contribution is -2.36. The Bertz CT molecular complexity index is 1200. The van der Waals surface area contributed by atoms with Gasteiger partial charge in [-0.1, -0.05) is 5.21 Å². The first kappa shape index (κ1) is 22.2. The van der Waals surface area contributed by atoms with E-state index in [1.807, 2.05) is 4.90 Å². The minimum absolute atomic E-state index is 0.0727. The number of nitriles is 1. The third kappa shape index (κ3) is 4.48. The second-order valence-corrected chi connectivity index (χ2v) is 7.29. The number of alkyl halides is 3. The van der Waals surface area contributed by atoms with Gasteiger partial charge in [0.15, 0.2) is 11.4 Å². The third-order valence-corrected chi connectivity index (χ3v) is 5.20. The van der Waals surface area contributed by atoms with Crippen LogP contribution in [0, 0.1) is 17.1 Å². The number of carbonyl (C=O) groups excluding carboxylic acids is 1. The van der Waals surface area contributed by atoms with Gasteiger partial charge < -0.3 is 9.80 Å². The van der Waals surface area contributed by atoms with Crippen LogP contribution in [-0.4, -0.2) is 57.0 Å². The van der Waals surface area contributed by atoms with Crippen molar-refractivity contribution in [1.82, 2.24) is 24.9 Å². The molecule has 3 heterocycles. The summed E-state index contributed by atoms with van der Waals surface area (Å²) in [5.74, 6) is -1.06. The molecule has 4 rings (SSSR count). The lowest BCUT2D eigenvalue weighted by atomic mass is 10.2. The Morgan fingerprint density at radius 3 is 2.52 bits per heavy atom. The van der Waals surface area contributed by atoms with E-state index in [0.717, 1.165) is 24.3 Å². The molecule has 1 saturated heterocycles. The van der Waals surface area contributed by atoms with Gasteiger partial charge in [0, 0.05) is 32.4 Å². The van der Waals surface area contributed by atoms with Crippen molar-refractivity contribution in [3.05, 3.63) is 65.4 Å². The number of amides is 1. The highest BCUT2D eigenvalue weighted by molar-refractivity contribution is 5.93. The molecule has 2 aromatic heterocycles. The van der Waals surface area contributed by atoms with Gasteiger partial charge in [-0.2, -0.15) is 18.4 Å². The molecular formula is C21H17F4N7O. The first-order valence-corrected chi connectivity index (χ1v) is 9.98. The number of carbonyl (C=O) groups is 1. The van der Waals surface area contributed by atoms with Crippen LogP contribution in [-0.2, 0) is 6.18 Å². The number of anilines is 1. The van der Waals surface area contributed by atoms with Crippen molar-refractivity contribution >= 4 is 11.7 Å². The molecule has 0 radical (unpaired) electrons. The number of nitrogens with zero attached hydrogens (tertiary/aromatic N) is 7. The zero-order valence-corrected chi connectivity index (χ0v) is 17.1. The third-order valence-electron chi connectivity index (χ3n) is 5.20. The van der Waals surface area contributed by atoms with E-state index in [1.165, 1.54) is 4.90 Å². The molecule has 1 aliphatic rings. The molecular weight excluding hydrogens is 442 g/mol. The van der Waals surface area contributed by atoms with E-state index in [9.17, 15) is 27.6 Å². The van der Waals surface area contributed by atoms with Gasteiger partial charge >= 0.3 is 6.18 Å². The fraction of sp³-hybridized carbons (Fsp3) is 0.286. The normalized spacial score (nSPS) is 14.6. The van der Waals surface area contributed by atoms with Crippen molar-refractivity contribution < 1.29 is 22.4 Å². The van der Waals surface area contributed by atoms with E-state index < -0.39 is 29.3 Å². The first-order valence-electron chi connectivity index (χ1n) is 9.98. The topological polar surface area (TPSA) is 90.9 Å². The Labute approximate surface area is 185 Å². The van der Waals surface area contributed by atoms with Gasteiger partial charge in [-0.05, 0) is 42.8 Å². The molecule has 0 N–H and O–H groups in total. The predicted octanol–water partition coefficient (Wildman–Crippen LogP) is 3.04. The minimum atomic E-state index is -4.92. The van der Waals surface area contributed by atoms with Crippen LogP contribution in [0.15, 0.2) is 42.6 Å². The zero-order chi connectivity index (χ0) is 23.6. The maximum Gasteiger partial charge on any atom is 0.435 e. The zero-order valence-electron chi connectivity index (χ0n) is 17.1. The summed E-state index contributed by atoms with van der Waals surface area (Å²) in [6.07, 6.45) is -2.91. The van der Waals surface area contributed by atoms with Gasteiger partial charge in [-0.3, -0.25) is 4.79 Å². The molecule has 0 spiro atoms. The van der Waals surface area contributed by atoms with E-state index >= 15 is 0 Å². The SMILES string of the molecule is N#Cc1cccnc1N1CCCN(C(=O)c2nnn(-c3ccc(F)cc3)c2C(F)(F)F)CC1. The van der Waals surface area contributed by atoms with Crippen molar-refractivity contribution in [2.24, 2.45) is 0 Å². The summed E-state index contributed by atoms with van der Waals surface area (Å²) in [4.78, 5) is 20.4. The molecule has 0 unspecified atom stereocenters. The van der Waals surface area contributed by atoms with Crippen LogP contribution in [0.3, 0.4) is 0 Å². The highest BCUT2D eigenvalue weighted by Gasteiger charge is 2.43. The van der Waals surface area contributed by atoms with Crippen LogP contribution < -0.4 is 4.90 Å². The summed E-state index contributed by atoms with van der Waals surface area (Å²) in [5, 5.41) is 16.4. The van der Waals surface area contributed by atoms with E-state index in [0.29, 0.717) is 29.0 Å². The standard InChI is InChI=1S/C21H17F4N7O/c22-15-4-6-16(7-5-15)32-18(21(23,24)25)17(28-29-32)20(33)31-10-2-9-30(11-12-31)19-14(13-26)3-1-8-27-19/h1,3-8H,2,9-12H2. The Balaban J connectivity index is 1.61. The van der Waals surface area contributed by atoms with E-state index in [2.05, 4.69) is 21.4 Å². The summed E-state index contributed by atoms with van der Waals surface area (Å²) in [6, 6.07) is 9.56. The molecule has 12 heteroatoms. The van der Waals surface area contributed by atoms with Gasteiger partial charge in [-0.25, -0.2) is 14.1 Å². The lowest BCUT2D eigenvalue weighted by molar-refractivity contribution is -0.143. The maximum atomic E-state index is 13.9. The molecule has 0 aliphatic carbocycles. The second kappa shape index (κ2) is 8.85. The van der Waals surface area contributed by atoms with Crippen LogP contribution in [0.5, 0.6) is 0 Å². The fourth-order valence-corrected chi connectivity index (χ4v) is 3.66. The van der Waals surface area contributed by atoms with Gasteiger partial charge in [0.1, 0.15) is 17.7 Å². The molecule has 1 aliphatic heterocycles. The number of hydrogen-bond acceptors (Lipinski definition) is 6. The Morgan fingerprint density at radius 1 is 1.06 bits per heavy atom. The number of hydrogen-bond donors (Lipinski definition) is 0. The molecule has 33 heavy (non-hydrogen) atoms. The number of pyridine rings is 1. The summed E-state index contributed by atoms with van der Waals surface area (Å²) >= 11 is 0. The number of halogens is 4. The van der Waals surface area contributed by atoms with Gasteiger partial charge in [0.2, 0.25) is 0 Å². The average molecular weight is 459 g/mol. The van der Waals surface area contributed by atoms with E-state index in [4.69, 9.17) is 0 Å². The van der Waals surface area contributed by atoms with E-state index in [1.54, 1.807) is 18.3 Å². The van der Waals surface area contributed by atoms with Crippen LogP contribution in [0.2, 0.25) is 0 Å². The quantitative estimate of drug-likeness (QED) is 0.560. The van der Waals surface area contributed by atoms with Crippen LogP contribution in [0.25, 0.3) is 5.69 Å². The molecule has 0 saturated carbocycles. The molecule has 3 aromatic rings. The predicted molar refractivity (Wildman–Crippen MR) is 108 cm³/mol. The highest BCUT2D eigenvalue weighted by atomic mass is 19.4. The van der Waals surface area contributed by atoms with E-state index in [-0.39, 0.29) is 25.3 Å². The Morgan fingerprint density at radius 2 is 1.82 bits per heavy atom. The first-order chi connectivity index (χ1) is 15.8. The Hall–Kier alpha value is -4.01. The van der Waals surface area contributed by atoms with Crippen molar-refractivity contribution in [3.8, 4) is 11.8 Å². The summed E-state index contributed by atoms with van der Waals surface area (Å²) in [5.41, 5.74) is -1.84. The molecule has 0 bridgehead atoms. The van der Waals surface area contributed by atoms with Crippen LogP contribution in [0.4, 0.5) is 23.4 Å². The fourth-order valence-electron chi connectivity index (χ4n) is 3.66. The monoisotopic (exact) mass is 459 g/mol. The average Bonchev–Trinajstić information content (AvgIpc) is 3.11. The molecule has 0 atom stereocenters. The number of aromatic nitrogens is 4. The Kier molecular flexibility index (Phi) is 5.95. The van der Waals surface area contributed by atoms with Gasteiger partial charge in [-0.15, -0.1) is 5.10 Å². The summed E-state index contributed by atoms with van der Waals surface area (Å²) < 4.78 is 55.4. The molecule has 1 amide bonds. The van der Waals surface area contributed by atoms with Crippen molar-refractivity contribution in [1.29, 1.82) is 5.26 Å². The van der Waals surface area contributed by atoms with Crippen LogP contribution >= 0.6 is 0 Å². The highest BCUT2D eigenvalue weighted by Crippen LogP contribution is 2.33. The second-order valence-electron chi connectivity index (χ2n) is 7.29. The van der Waals surface area contributed by atoms with Gasteiger partial charge in [0.05, 0.1) is 11.3 Å². The molecule has 1 fully saturated rings. The number of benzene rings is 1. The summed E-state index contributed by atoms with van der Waals surface area (Å²) in [6.45, 7) is 1.07. The van der Waals surface area contributed by atoms with Crippen LogP contribution in [0.1, 0.15) is 28.2 Å². The lowest BCUT2D eigenvalue weighted by Gasteiger charge is -2.23. The van der Waals surface area contributed by atoms with Crippen molar-refractivity contribution in [2.75, 3.05) is 31.1 Å². The molecule has 170 valence electrons. The van der Waals surface area contributed by atoms with Gasteiger partial charge in [0.25, 0.3) is 5.91 Å². The maximum absolute atomic E-state index is 13.9. The largest absolute Gasteiger partial charge is 0.435 e. The van der Waals surface area contributed by atoms with Crippen molar-refractivity contribution in [3.63, 3.8) is 0 Å². The molecule has 1 aromatic carbocycles. The number of rotatable bonds is 3. The summed E-state index contributed by atoms with van der Waals surface area (Å²) in [7, 11) is 0. The van der Waals surface area contributed by atoms with Crippen molar-refractivity contribution in [2.45, 2.75) is 12.6 Å². The smallest absolute Gasteiger partial charge is 0.354 e. The molecule has 8 nitrogen and oxygen atoms in total. The minimum Gasteiger partial charge on any atom is -0.354 e.